The molecular formula is C29H24N2O6S2. The maximum atomic E-state index is 13.9. The molecule has 2 amide bonds. The second-order valence-corrected chi connectivity index (χ2v) is 11.3. The number of thiazole rings is 1. The number of methoxy groups -OCH3 is 2. The Morgan fingerprint density at radius 3 is 2.36 bits per heavy atom. The number of H-pyrrole nitrogens is 1. The van der Waals surface area contributed by atoms with Gasteiger partial charge in [-0.1, -0.05) is 59.5 Å². The van der Waals surface area contributed by atoms with Gasteiger partial charge in [-0.25, -0.2) is 4.90 Å². The van der Waals surface area contributed by atoms with Crippen LogP contribution in [0.25, 0.3) is 0 Å². The number of carbonyl (C=O) groups excluding carboxylic acids is 2. The van der Waals surface area contributed by atoms with Crippen molar-refractivity contribution < 1.29 is 23.8 Å². The minimum Gasteiger partial charge on any atom is -0.497 e. The van der Waals surface area contributed by atoms with Gasteiger partial charge in [0.2, 0.25) is 11.8 Å². The van der Waals surface area contributed by atoms with Crippen LogP contribution >= 0.6 is 23.1 Å². The van der Waals surface area contributed by atoms with Crippen molar-refractivity contribution in [3.8, 4) is 17.2 Å². The highest BCUT2D eigenvalue weighted by atomic mass is 32.2. The van der Waals surface area contributed by atoms with E-state index in [0.29, 0.717) is 34.6 Å². The minimum atomic E-state index is -0.690. The zero-order chi connectivity index (χ0) is 27.1. The number of nitrogens with zero attached hydrogens (tertiary/aromatic N) is 1. The van der Waals surface area contributed by atoms with Crippen LogP contribution in [0.1, 0.15) is 21.9 Å². The lowest BCUT2D eigenvalue weighted by atomic mass is 9.83. The molecule has 198 valence electrons. The molecule has 2 aliphatic heterocycles. The van der Waals surface area contributed by atoms with E-state index in [0.717, 1.165) is 27.3 Å². The molecule has 3 atom stereocenters. The first-order chi connectivity index (χ1) is 19.0. The van der Waals surface area contributed by atoms with Gasteiger partial charge in [-0.05, 0) is 47.5 Å². The maximum absolute atomic E-state index is 13.9. The van der Waals surface area contributed by atoms with Gasteiger partial charge >= 0.3 is 4.87 Å². The predicted molar refractivity (Wildman–Crippen MR) is 149 cm³/mol. The average Bonchev–Trinajstić information content (AvgIpc) is 3.46. The normalized spacial score (nSPS) is 19.9. The number of imide groups is 1. The van der Waals surface area contributed by atoms with Crippen molar-refractivity contribution in [2.45, 2.75) is 22.8 Å². The molecule has 0 spiro atoms. The summed E-state index contributed by atoms with van der Waals surface area (Å²) in [4.78, 5) is 44.5. The molecular weight excluding hydrogens is 536 g/mol. The fourth-order valence-electron chi connectivity index (χ4n) is 5.09. The van der Waals surface area contributed by atoms with Crippen molar-refractivity contribution in [1.29, 1.82) is 0 Å². The number of hydrogen-bond donors (Lipinski definition) is 1. The second kappa shape index (κ2) is 10.3. The number of anilines is 1. The smallest absolute Gasteiger partial charge is 0.305 e. The van der Waals surface area contributed by atoms with Crippen LogP contribution in [0.2, 0.25) is 0 Å². The summed E-state index contributed by atoms with van der Waals surface area (Å²) in [5, 5.41) is -0.0558. The molecule has 2 unspecified atom stereocenters. The van der Waals surface area contributed by atoms with Crippen molar-refractivity contribution in [2.75, 3.05) is 19.1 Å². The molecule has 8 nitrogen and oxygen atoms in total. The van der Waals surface area contributed by atoms with Gasteiger partial charge in [-0.15, -0.1) is 0 Å². The van der Waals surface area contributed by atoms with Crippen LogP contribution in [0.4, 0.5) is 5.69 Å². The molecule has 0 aliphatic carbocycles. The first kappa shape index (κ1) is 25.3. The highest BCUT2D eigenvalue weighted by Crippen LogP contribution is 2.53. The summed E-state index contributed by atoms with van der Waals surface area (Å²) in [6.45, 7) is 0.370. The molecule has 0 saturated carbocycles. The van der Waals surface area contributed by atoms with E-state index < -0.39 is 17.1 Å². The summed E-state index contributed by atoms with van der Waals surface area (Å²) < 4.78 is 16.9. The Labute approximate surface area is 232 Å². The van der Waals surface area contributed by atoms with Crippen molar-refractivity contribution in [1.82, 2.24) is 4.98 Å². The summed E-state index contributed by atoms with van der Waals surface area (Å²) >= 11 is 2.32. The molecule has 1 fully saturated rings. The quantitative estimate of drug-likeness (QED) is 0.324. The Morgan fingerprint density at radius 2 is 1.64 bits per heavy atom. The number of rotatable bonds is 7. The number of amides is 2. The predicted octanol–water partition coefficient (Wildman–Crippen LogP) is 4.83. The number of ether oxygens (including phenoxy) is 3. The van der Waals surface area contributed by atoms with Crippen LogP contribution in [-0.4, -0.2) is 36.3 Å². The number of carbonyl (C=O) groups is 2. The first-order valence-electron chi connectivity index (χ1n) is 12.2. The van der Waals surface area contributed by atoms with Crippen LogP contribution in [0, 0.1) is 5.92 Å². The van der Waals surface area contributed by atoms with Gasteiger partial charge in [0.25, 0.3) is 0 Å². The van der Waals surface area contributed by atoms with Gasteiger partial charge in [0.1, 0.15) is 17.6 Å². The monoisotopic (exact) mass is 560 g/mol. The van der Waals surface area contributed by atoms with Gasteiger partial charge in [-0.2, -0.15) is 0 Å². The van der Waals surface area contributed by atoms with Crippen molar-refractivity contribution in [3.05, 3.63) is 98.5 Å². The number of nitrogens with one attached hydrogen (secondary N) is 1. The molecule has 39 heavy (non-hydrogen) atoms. The summed E-state index contributed by atoms with van der Waals surface area (Å²) in [6.07, 6.45) is 0. The van der Waals surface area contributed by atoms with Crippen LogP contribution in [0.3, 0.4) is 0 Å². The van der Waals surface area contributed by atoms with Crippen LogP contribution in [-0.2, 0) is 16.2 Å². The third kappa shape index (κ3) is 4.49. The fourth-order valence-corrected chi connectivity index (χ4v) is 7.61. The highest BCUT2D eigenvalue weighted by molar-refractivity contribution is 8.00. The largest absolute Gasteiger partial charge is 0.497 e. The van der Waals surface area contributed by atoms with Gasteiger partial charge in [0.05, 0.1) is 30.9 Å². The molecule has 0 radical (unpaired) electrons. The van der Waals surface area contributed by atoms with Gasteiger partial charge in [0, 0.05) is 10.8 Å². The van der Waals surface area contributed by atoms with E-state index in [1.807, 2.05) is 48.5 Å². The molecule has 1 aromatic heterocycles. The molecule has 3 aromatic carbocycles. The molecule has 6 rings (SSSR count). The summed E-state index contributed by atoms with van der Waals surface area (Å²) in [5.74, 6) is -0.116. The van der Waals surface area contributed by atoms with Crippen LogP contribution in [0.15, 0.2) is 82.6 Å². The van der Waals surface area contributed by atoms with Crippen LogP contribution in [0.5, 0.6) is 17.2 Å². The summed E-state index contributed by atoms with van der Waals surface area (Å²) in [6, 6.07) is 22.2. The maximum Gasteiger partial charge on any atom is 0.305 e. The van der Waals surface area contributed by atoms with E-state index in [9.17, 15) is 14.4 Å². The Balaban J connectivity index is 1.37. The van der Waals surface area contributed by atoms with Crippen LogP contribution < -0.4 is 24.0 Å². The van der Waals surface area contributed by atoms with Gasteiger partial charge in [-0.3, -0.25) is 14.4 Å². The standard InChI is InChI=1S/C29H24N2O6S2/c1-35-19-11-9-18(10-12-19)31-27(32)23-22(24-26(30-29(34)39-24)38-25(23)28(31)33)17-8-13-20(21(14-17)36-2)37-15-16-6-4-3-5-7-16/h3-14,22-23,25H,15H2,1-2H3,(H,30,34)/t22-,23?,25?/m1/s1. The van der Waals surface area contributed by atoms with E-state index in [-0.39, 0.29) is 16.7 Å². The summed E-state index contributed by atoms with van der Waals surface area (Å²) in [7, 11) is 3.12. The zero-order valence-electron chi connectivity index (χ0n) is 21.1. The number of fused-ring (bicyclic) bond motifs is 2. The highest BCUT2D eigenvalue weighted by Gasteiger charge is 2.56. The third-order valence-corrected chi connectivity index (χ3v) is 9.34. The fraction of sp³-hybridized carbons (Fsp3) is 0.207. The number of hydrogen-bond acceptors (Lipinski definition) is 8. The lowest BCUT2D eigenvalue weighted by Crippen LogP contribution is -2.32. The van der Waals surface area contributed by atoms with Crippen molar-refractivity contribution >= 4 is 40.6 Å². The van der Waals surface area contributed by atoms with Gasteiger partial charge < -0.3 is 19.2 Å². The molecule has 3 heterocycles. The number of aromatic nitrogens is 1. The molecule has 0 bridgehead atoms. The van der Waals surface area contributed by atoms with E-state index >= 15 is 0 Å². The van der Waals surface area contributed by atoms with E-state index in [4.69, 9.17) is 14.2 Å². The zero-order valence-corrected chi connectivity index (χ0v) is 22.7. The molecule has 1 saturated heterocycles. The second-order valence-electron chi connectivity index (χ2n) is 9.14. The summed E-state index contributed by atoms with van der Waals surface area (Å²) in [5.41, 5.74) is 2.27. The number of aromatic amines is 1. The topological polar surface area (TPSA) is 97.9 Å². The average molecular weight is 561 g/mol. The van der Waals surface area contributed by atoms with Crippen molar-refractivity contribution in [2.24, 2.45) is 5.92 Å². The Bertz CT molecular complexity index is 1600. The SMILES string of the molecule is COc1ccc(N2C(=O)C3Sc4[nH]c(=O)sc4[C@H](c4ccc(OCc5ccccc5)c(OC)c4)C3C2=O)cc1. The van der Waals surface area contributed by atoms with Gasteiger partial charge in [0.15, 0.2) is 11.5 Å². The van der Waals surface area contributed by atoms with E-state index in [1.54, 1.807) is 38.5 Å². The Kier molecular flexibility index (Phi) is 6.66. The Morgan fingerprint density at radius 1 is 0.872 bits per heavy atom. The molecule has 4 aromatic rings. The lowest BCUT2D eigenvalue weighted by molar-refractivity contribution is -0.122. The molecule has 2 aliphatic rings. The minimum absolute atomic E-state index is 0.223. The third-order valence-electron chi connectivity index (χ3n) is 6.94. The van der Waals surface area contributed by atoms with E-state index in [1.165, 1.54) is 16.7 Å². The molecule has 10 heteroatoms. The lowest BCUT2D eigenvalue weighted by Gasteiger charge is -2.30. The first-order valence-corrected chi connectivity index (χ1v) is 13.9. The number of thioether (sulfide) groups is 1. The van der Waals surface area contributed by atoms with E-state index in [2.05, 4.69) is 4.98 Å². The molecule has 1 N–H and O–H groups in total. The van der Waals surface area contributed by atoms with Crippen molar-refractivity contribution in [3.63, 3.8) is 0 Å². The number of benzene rings is 3. The Hall–Kier alpha value is -4.02.